The molecule has 1 unspecified atom stereocenters. The van der Waals surface area contributed by atoms with E-state index in [-0.39, 0.29) is 17.5 Å². The van der Waals surface area contributed by atoms with Crippen molar-refractivity contribution in [3.63, 3.8) is 0 Å². The van der Waals surface area contributed by atoms with Crippen LogP contribution in [0.4, 0.5) is 0 Å². The largest absolute Gasteiger partial charge is 0.460 e. The molecular formula is C12H25NO2. The summed E-state index contributed by atoms with van der Waals surface area (Å²) in [6, 6.07) is 0. The number of carbonyl (C=O) groups is 1. The first-order chi connectivity index (χ1) is 6.72. The predicted molar refractivity (Wildman–Crippen MR) is 62.7 cm³/mol. The van der Waals surface area contributed by atoms with Crippen LogP contribution in [0.2, 0.25) is 0 Å². The van der Waals surface area contributed by atoms with Crippen LogP contribution in [0.15, 0.2) is 0 Å². The second-order valence-electron chi connectivity index (χ2n) is 5.49. The van der Waals surface area contributed by atoms with Crippen molar-refractivity contribution in [2.24, 2.45) is 11.8 Å². The van der Waals surface area contributed by atoms with Crippen molar-refractivity contribution in [3.05, 3.63) is 0 Å². The van der Waals surface area contributed by atoms with Crippen molar-refractivity contribution in [2.75, 3.05) is 13.1 Å². The van der Waals surface area contributed by atoms with Crippen LogP contribution in [0.1, 0.15) is 41.5 Å². The lowest BCUT2D eigenvalue weighted by molar-refractivity contribution is -0.159. The third kappa shape index (κ3) is 8.43. The van der Waals surface area contributed by atoms with Gasteiger partial charge < -0.3 is 10.1 Å². The molecule has 0 amide bonds. The maximum absolute atomic E-state index is 11.6. The van der Waals surface area contributed by atoms with Crippen LogP contribution >= 0.6 is 0 Å². The molecule has 0 saturated carbocycles. The lowest BCUT2D eigenvalue weighted by Gasteiger charge is -2.22. The van der Waals surface area contributed by atoms with Crippen LogP contribution in [0.3, 0.4) is 0 Å². The van der Waals surface area contributed by atoms with Gasteiger partial charge in [-0.25, -0.2) is 0 Å². The molecule has 0 aromatic heterocycles. The molecule has 0 aromatic carbocycles. The molecule has 0 fully saturated rings. The molecule has 0 aliphatic carbocycles. The molecule has 15 heavy (non-hydrogen) atoms. The molecule has 90 valence electrons. The average Bonchev–Trinajstić information content (AvgIpc) is 1.99. The highest BCUT2D eigenvalue weighted by Gasteiger charge is 2.21. The van der Waals surface area contributed by atoms with E-state index in [0.29, 0.717) is 12.5 Å². The fourth-order valence-electron chi connectivity index (χ4n) is 1.07. The molecule has 0 aromatic rings. The van der Waals surface area contributed by atoms with Gasteiger partial charge >= 0.3 is 5.97 Å². The van der Waals surface area contributed by atoms with E-state index in [2.05, 4.69) is 19.2 Å². The average molecular weight is 215 g/mol. The Labute approximate surface area is 93.6 Å². The van der Waals surface area contributed by atoms with E-state index in [1.165, 1.54) is 0 Å². The summed E-state index contributed by atoms with van der Waals surface area (Å²) in [5.41, 5.74) is -0.386. The Hall–Kier alpha value is -0.570. The fourth-order valence-corrected chi connectivity index (χ4v) is 1.07. The number of nitrogens with one attached hydrogen (secondary N) is 1. The normalized spacial score (nSPS) is 14.1. The maximum atomic E-state index is 11.6. The summed E-state index contributed by atoms with van der Waals surface area (Å²) in [5, 5.41) is 3.25. The molecule has 3 heteroatoms. The van der Waals surface area contributed by atoms with E-state index in [1.807, 2.05) is 27.7 Å². The van der Waals surface area contributed by atoms with Crippen LogP contribution in [0.25, 0.3) is 0 Å². The van der Waals surface area contributed by atoms with E-state index in [9.17, 15) is 4.79 Å². The zero-order valence-corrected chi connectivity index (χ0v) is 10.9. The minimum absolute atomic E-state index is 0.0806. The van der Waals surface area contributed by atoms with Crippen molar-refractivity contribution < 1.29 is 9.53 Å². The molecule has 0 saturated heterocycles. The lowest BCUT2D eigenvalue weighted by Crippen LogP contribution is -2.34. The highest BCUT2D eigenvalue weighted by Crippen LogP contribution is 2.10. The SMILES string of the molecule is CC(C)CNCC(C)C(=O)OC(C)(C)C. The van der Waals surface area contributed by atoms with E-state index in [0.717, 1.165) is 6.54 Å². The number of ether oxygens (including phenoxy) is 1. The number of hydrogen-bond donors (Lipinski definition) is 1. The number of rotatable bonds is 5. The van der Waals surface area contributed by atoms with Crippen LogP contribution in [-0.4, -0.2) is 24.7 Å². The molecule has 0 spiro atoms. The van der Waals surface area contributed by atoms with Gasteiger partial charge in [0.1, 0.15) is 5.60 Å². The Morgan fingerprint density at radius 1 is 1.20 bits per heavy atom. The molecule has 0 aliphatic rings. The zero-order chi connectivity index (χ0) is 12.1. The fraction of sp³-hybridized carbons (Fsp3) is 0.917. The van der Waals surface area contributed by atoms with Crippen LogP contribution < -0.4 is 5.32 Å². The molecule has 1 N–H and O–H groups in total. The van der Waals surface area contributed by atoms with Gasteiger partial charge in [-0.2, -0.15) is 0 Å². The third-order valence-electron chi connectivity index (χ3n) is 1.81. The number of esters is 1. The van der Waals surface area contributed by atoms with Gasteiger partial charge in [0.05, 0.1) is 5.92 Å². The smallest absolute Gasteiger partial charge is 0.310 e. The predicted octanol–water partition coefficient (Wildman–Crippen LogP) is 2.21. The Bertz CT molecular complexity index is 194. The molecule has 0 rings (SSSR count). The van der Waals surface area contributed by atoms with Crippen LogP contribution in [0.5, 0.6) is 0 Å². The van der Waals surface area contributed by atoms with Gasteiger partial charge in [-0.3, -0.25) is 4.79 Å². The maximum Gasteiger partial charge on any atom is 0.310 e. The molecular weight excluding hydrogens is 190 g/mol. The van der Waals surface area contributed by atoms with Gasteiger partial charge in [0.15, 0.2) is 0 Å². The van der Waals surface area contributed by atoms with Gasteiger partial charge in [-0.1, -0.05) is 20.8 Å². The lowest BCUT2D eigenvalue weighted by atomic mass is 10.1. The first-order valence-electron chi connectivity index (χ1n) is 5.66. The Balaban J connectivity index is 3.80. The molecule has 0 aliphatic heterocycles. The van der Waals surface area contributed by atoms with Gasteiger partial charge in [0.25, 0.3) is 0 Å². The molecule has 1 atom stereocenters. The second kappa shape index (κ2) is 6.11. The van der Waals surface area contributed by atoms with Crippen molar-refractivity contribution >= 4 is 5.97 Å². The number of carbonyl (C=O) groups excluding carboxylic acids is 1. The zero-order valence-electron chi connectivity index (χ0n) is 10.9. The van der Waals surface area contributed by atoms with Gasteiger partial charge in [0, 0.05) is 6.54 Å². The van der Waals surface area contributed by atoms with Crippen LogP contribution in [-0.2, 0) is 9.53 Å². The minimum Gasteiger partial charge on any atom is -0.460 e. The standard InChI is InChI=1S/C12H25NO2/c1-9(2)7-13-8-10(3)11(14)15-12(4,5)6/h9-10,13H,7-8H2,1-6H3. The summed E-state index contributed by atoms with van der Waals surface area (Å²) in [6.45, 7) is 13.5. The van der Waals surface area contributed by atoms with E-state index < -0.39 is 0 Å². The van der Waals surface area contributed by atoms with Gasteiger partial charge in [-0.15, -0.1) is 0 Å². The van der Waals surface area contributed by atoms with E-state index in [1.54, 1.807) is 0 Å². The quantitative estimate of drug-likeness (QED) is 0.715. The number of hydrogen-bond acceptors (Lipinski definition) is 3. The summed E-state index contributed by atoms with van der Waals surface area (Å²) in [7, 11) is 0. The first-order valence-corrected chi connectivity index (χ1v) is 5.66. The highest BCUT2D eigenvalue weighted by atomic mass is 16.6. The summed E-state index contributed by atoms with van der Waals surface area (Å²) < 4.78 is 5.28. The first kappa shape index (κ1) is 14.4. The Morgan fingerprint density at radius 3 is 2.13 bits per heavy atom. The van der Waals surface area contributed by atoms with Gasteiger partial charge in [0.2, 0.25) is 0 Å². The van der Waals surface area contributed by atoms with Crippen molar-refractivity contribution in [3.8, 4) is 0 Å². The van der Waals surface area contributed by atoms with Crippen molar-refractivity contribution in [1.82, 2.24) is 5.32 Å². The molecule has 0 radical (unpaired) electrons. The van der Waals surface area contributed by atoms with Crippen LogP contribution in [0, 0.1) is 11.8 Å². The van der Waals surface area contributed by atoms with Crippen molar-refractivity contribution in [1.29, 1.82) is 0 Å². The summed E-state index contributed by atoms with van der Waals surface area (Å²) in [4.78, 5) is 11.6. The molecule has 0 heterocycles. The third-order valence-corrected chi connectivity index (χ3v) is 1.81. The second-order valence-corrected chi connectivity index (χ2v) is 5.49. The van der Waals surface area contributed by atoms with E-state index in [4.69, 9.17) is 4.74 Å². The monoisotopic (exact) mass is 215 g/mol. The van der Waals surface area contributed by atoms with E-state index >= 15 is 0 Å². The molecule has 3 nitrogen and oxygen atoms in total. The van der Waals surface area contributed by atoms with Crippen molar-refractivity contribution in [2.45, 2.75) is 47.1 Å². The summed E-state index contributed by atoms with van der Waals surface area (Å²) >= 11 is 0. The Morgan fingerprint density at radius 2 is 1.73 bits per heavy atom. The van der Waals surface area contributed by atoms with Gasteiger partial charge in [-0.05, 0) is 33.2 Å². The summed E-state index contributed by atoms with van der Waals surface area (Å²) in [6.07, 6.45) is 0. The topological polar surface area (TPSA) is 38.3 Å². The highest BCUT2D eigenvalue weighted by molar-refractivity contribution is 5.72. The summed E-state index contributed by atoms with van der Waals surface area (Å²) in [5.74, 6) is 0.401. The Kier molecular flexibility index (Phi) is 5.88. The molecule has 0 bridgehead atoms. The minimum atomic E-state index is -0.386.